The van der Waals surface area contributed by atoms with E-state index in [9.17, 15) is 18.0 Å². The Hall–Kier alpha value is -2.91. The van der Waals surface area contributed by atoms with Gasteiger partial charge in [-0.1, -0.05) is 23.7 Å². The minimum Gasteiger partial charge on any atom is -0.481 e. The van der Waals surface area contributed by atoms with Crippen molar-refractivity contribution in [2.75, 3.05) is 23.9 Å². The van der Waals surface area contributed by atoms with E-state index in [-0.39, 0.29) is 30.1 Å². The molecule has 0 saturated heterocycles. The van der Waals surface area contributed by atoms with Crippen LogP contribution < -0.4 is 5.01 Å². The Bertz CT molecular complexity index is 1080. The van der Waals surface area contributed by atoms with Crippen molar-refractivity contribution in [3.05, 3.63) is 59.1 Å². The average Bonchev–Trinajstić information content (AvgIpc) is 3.23. The molecule has 0 unspecified atom stereocenters. The molecule has 0 radical (unpaired) electrons. The molecular weight excluding hydrogens is 444 g/mol. The largest absolute Gasteiger partial charge is 0.481 e. The van der Waals surface area contributed by atoms with Crippen LogP contribution in [0.2, 0.25) is 5.02 Å². The monoisotopic (exact) mass is 464 g/mol. The molecule has 0 aromatic heterocycles. The van der Waals surface area contributed by atoms with Crippen molar-refractivity contribution in [3.8, 4) is 0 Å². The van der Waals surface area contributed by atoms with Crippen LogP contribution in [-0.4, -0.2) is 50.1 Å². The van der Waals surface area contributed by atoms with Crippen LogP contribution in [0, 0.1) is 0 Å². The lowest BCUT2D eigenvalue weighted by Gasteiger charge is -2.14. The number of nitrogens with zero attached hydrogens (tertiary/aromatic N) is 2. The standard InChI is InChI=1S/C21H21ClN2O6S/c22-16-3-1-15(2-4-16)19-11-12-24(23-19)17-5-7-18(8-6-17)31(28,29)14-13-30-21(27)10-9-20(25)26/h1-8H,9-14H2,(H,25,26). The van der Waals surface area contributed by atoms with Crippen molar-refractivity contribution in [3.63, 3.8) is 0 Å². The Morgan fingerprint density at radius 2 is 1.74 bits per heavy atom. The fraction of sp³-hybridized carbons (Fsp3) is 0.286. The van der Waals surface area contributed by atoms with Gasteiger partial charge in [0.05, 0.1) is 34.9 Å². The molecule has 31 heavy (non-hydrogen) atoms. The van der Waals surface area contributed by atoms with Crippen LogP contribution in [0.25, 0.3) is 0 Å². The number of hydrazone groups is 1. The zero-order chi connectivity index (χ0) is 22.4. The van der Waals surface area contributed by atoms with Crippen LogP contribution in [0.5, 0.6) is 0 Å². The van der Waals surface area contributed by atoms with E-state index in [1.165, 1.54) is 12.1 Å². The molecule has 0 atom stereocenters. The van der Waals surface area contributed by atoms with Crippen molar-refractivity contribution in [2.24, 2.45) is 5.10 Å². The van der Waals surface area contributed by atoms with Crippen LogP contribution in [0.1, 0.15) is 24.8 Å². The first kappa shape index (κ1) is 22.8. The molecular formula is C21H21ClN2O6S. The lowest BCUT2D eigenvalue weighted by atomic mass is 10.1. The van der Waals surface area contributed by atoms with Crippen molar-refractivity contribution < 1.29 is 27.9 Å². The van der Waals surface area contributed by atoms with Crippen LogP contribution >= 0.6 is 11.6 Å². The summed E-state index contributed by atoms with van der Waals surface area (Å²) in [6.07, 6.45) is 0.110. The topological polar surface area (TPSA) is 113 Å². The van der Waals surface area contributed by atoms with Gasteiger partial charge in [0.25, 0.3) is 0 Å². The molecule has 1 N–H and O–H groups in total. The Kier molecular flexibility index (Phi) is 7.29. The molecule has 1 aliphatic rings. The molecule has 2 aromatic carbocycles. The lowest BCUT2D eigenvalue weighted by molar-refractivity contribution is -0.147. The van der Waals surface area contributed by atoms with Crippen molar-refractivity contribution >= 4 is 44.8 Å². The number of rotatable bonds is 9. The molecule has 0 amide bonds. The molecule has 0 spiro atoms. The number of esters is 1. The number of carboxylic acids is 1. The van der Waals surface area contributed by atoms with Crippen LogP contribution in [-0.2, 0) is 24.2 Å². The average molecular weight is 465 g/mol. The Labute approximate surface area is 185 Å². The number of sulfone groups is 1. The van der Waals surface area contributed by atoms with Crippen LogP contribution in [0.15, 0.2) is 58.5 Å². The smallest absolute Gasteiger partial charge is 0.306 e. The van der Waals surface area contributed by atoms with E-state index < -0.39 is 21.8 Å². The number of carboxylic acid groups (broad SMARTS) is 1. The normalized spacial score (nSPS) is 13.7. The van der Waals surface area contributed by atoms with E-state index in [1.807, 2.05) is 29.3 Å². The number of ether oxygens (including phenoxy) is 1. The third-order valence-electron chi connectivity index (χ3n) is 4.63. The van der Waals surface area contributed by atoms with E-state index in [4.69, 9.17) is 21.4 Å². The molecule has 10 heteroatoms. The van der Waals surface area contributed by atoms with Gasteiger partial charge < -0.3 is 9.84 Å². The van der Waals surface area contributed by atoms with Gasteiger partial charge in [-0.3, -0.25) is 14.6 Å². The second-order valence-corrected chi connectivity index (χ2v) is 9.40. The zero-order valence-electron chi connectivity index (χ0n) is 16.5. The first-order valence-electron chi connectivity index (χ1n) is 9.56. The van der Waals surface area contributed by atoms with Gasteiger partial charge in [0.1, 0.15) is 6.61 Å². The second-order valence-electron chi connectivity index (χ2n) is 6.85. The number of benzene rings is 2. The Morgan fingerprint density at radius 1 is 1.06 bits per heavy atom. The maximum atomic E-state index is 12.4. The first-order chi connectivity index (χ1) is 14.7. The Morgan fingerprint density at radius 3 is 2.39 bits per heavy atom. The summed E-state index contributed by atoms with van der Waals surface area (Å²) in [5.74, 6) is -2.24. The Balaban J connectivity index is 1.58. The fourth-order valence-corrected chi connectivity index (χ4v) is 4.19. The number of anilines is 1. The maximum absolute atomic E-state index is 12.4. The summed E-state index contributed by atoms with van der Waals surface area (Å²) in [6, 6.07) is 13.8. The molecule has 2 aromatic rings. The number of hydrogen-bond acceptors (Lipinski definition) is 7. The van der Waals surface area contributed by atoms with Crippen molar-refractivity contribution in [1.82, 2.24) is 0 Å². The predicted molar refractivity (Wildman–Crippen MR) is 116 cm³/mol. The van der Waals surface area contributed by atoms with Gasteiger partial charge in [-0.25, -0.2) is 8.42 Å². The number of halogens is 1. The molecule has 1 aliphatic heterocycles. The number of aliphatic carboxylic acids is 1. The summed E-state index contributed by atoms with van der Waals surface area (Å²) < 4.78 is 29.7. The number of carbonyl (C=O) groups excluding carboxylic acids is 1. The van der Waals surface area contributed by atoms with E-state index in [2.05, 4.69) is 5.10 Å². The third-order valence-corrected chi connectivity index (χ3v) is 6.58. The van der Waals surface area contributed by atoms with Gasteiger partial charge >= 0.3 is 11.9 Å². The molecule has 0 fully saturated rings. The predicted octanol–water partition coefficient (Wildman–Crippen LogP) is 3.14. The number of carbonyl (C=O) groups is 2. The second kappa shape index (κ2) is 9.93. The van der Waals surface area contributed by atoms with Crippen molar-refractivity contribution in [2.45, 2.75) is 24.2 Å². The van der Waals surface area contributed by atoms with Gasteiger partial charge in [0.15, 0.2) is 9.84 Å². The molecule has 0 bridgehead atoms. The third kappa shape index (κ3) is 6.28. The van der Waals surface area contributed by atoms with Gasteiger partial charge in [-0.05, 0) is 42.0 Å². The number of hydrogen-bond donors (Lipinski definition) is 1. The molecule has 0 aliphatic carbocycles. The summed E-state index contributed by atoms with van der Waals surface area (Å²) in [5, 5.41) is 15.6. The van der Waals surface area contributed by atoms with Gasteiger partial charge in [0.2, 0.25) is 0 Å². The fourth-order valence-electron chi connectivity index (χ4n) is 2.98. The van der Waals surface area contributed by atoms with E-state index in [0.29, 0.717) is 11.6 Å². The summed E-state index contributed by atoms with van der Waals surface area (Å²) in [7, 11) is -3.65. The van der Waals surface area contributed by atoms with E-state index >= 15 is 0 Å². The molecule has 1 heterocycles. The summed E-state index contributed by atoms with van der Waals surface area (Å²) in [4.78, 5) is 21.9. The van der Waals surface area contributed by atoms with Crippen LogP contribution in [0.4, 0.5) is 5.69 Å². The zero-order valence-corrected chi connectivity index (χ0v) is 18.1. The van der Waals surface area contributed by atoms with Gasteiger partial charge in [-0.2, -0.15) is 5.10 Å². The highest BCUT2D eigenvalue weighted by molar-refractivity contribution is 7.91. The quantitative estimate of drug-likeness (QED) is 0.567. The highest BCUT2D eigenvalue weighted by Crippen LogP contribution is 2.24. The maximum Gasteiger partial charge on any atom is 0.306 e. The summed E-state index contributed by atoms with van der Waals surface area (Å²) in [5.41, 5.74) is 2.69. The van der Waals surface area contributed by atoms with E-state index in [1.54, 1.807) is 12.1 Å². The van der Waals surface area contributed by atoms with Gasteiger partial charge in [-0.15, -0.1) is 0 Å². The van der Waals surface area contributed by atoms with Crippen molar-refractivity contribution in [1.29, 1.82) is 0 Å². The van der Waals surface area contributed by atoms with Gasteiger partial charge in [0, 0.05) is 18.0 Å². The lowest BCUT2D eigenvalue weighted by Crippen LogP contribution is -2.16. The highest BCUT2D eigenvalue weighted by Gasteiger charge is 2.20. The highest BCUT2D eigenvalue weighted by atomic mass is 35.5. The molecule has 0 saturated carbocycles. The van der Waals surface area contributed by atoms with E-state index in [0.717, 1.165) is 23.4 Å². The van der Waals surface area contributed by atoms with Crippen LogP contribution in [0.3, 0.4) is 0 Å². The first-order valence-corrected chi connectivity index (χ1v) is 11.6. The SMILES string of the molecule is O=C(O)CCC(=O)OCCS(=O)(=O)c1ccc(N2CCC(c3ccc(Cl)cc3)=N2)cc1. The molecule has 164 valence electrons. The molecule has 8 nitrogen and oxygen atoms in total. The molecule has 3 rings (SSSR count). The minimum absolute atomic E-state index is 0.110. The minimum atomic E-state index is -3.65. The summed E-state index contributed by atoms with van der Waals surface area (Å²) in [6.45, 7) is 0.347. The summed E-state index contributed by atoms with van der Waals surface area (Å²) >= 11 is 5.92.